The van der Waals surface area contributed by atoms with Crippen LogP contribution in [0.1, 0.15) is 88.9 Å². The summed E-state index contributed by atoms with van der Waals surface area (Å²) < 4.78 is 5.31. The maximum absolute atomic E-state index is 13.2. The fourth-order valence-electron chi connectivity index (χ4n) is 4.11. The van der Waals surface area contributed by atoms with Gasteiger partial charge in [-0.05, 0) is 24.5 Å². The topological polar surface area (TPSA) is 79.5 Å². The number of amides is 2. The van der Waals surface area contributed by atoms with Gasteiger partial charge >= 0.3 is 0 Å². The molecule has 2 heterocycles. The molecule has 174 valence electrons. The lowest BCUT2D eigenvalue weighted by molar-refractivity contribution is -0.132. The molecule has 2 amide bonds. The number of carbonyl (C=O) groups is 2. The highest BCUT2D eigenvalue weighted by atomic mass is 16.5. The molecule has 0 bridgehead atoms. The average Bonchev–Trinajstić information content (AvgIpc) is 3.25. The molecule has 0 fully saturated rings. The number of aromatic nitrogens is 2. The Hall–Kier alpha value is -2.70. The first-order chi connectivity index (χ1) is 15.5. The number of aryl methyl sites for hydroxylation is 1. The number of anilines is 1. The zero-order valence-electron chi connectivity index (χ0n) is 19.7. The van der Waals surface area contributed by atoms with Crippen molar-refractivity contribution in [2.75, 3.05) is 18.0 Å². The largest absolute Gasteiger partial charge is 0.339 e. The SMILES string of the molecule is CC(=O)N1CCCCCCCCN(C(=O)CCc2nc(C(C)C)no2)Cc2ccccc21. The molecule has 1 aromatic carbocycles. The molecule has 32 heavy (non-hydrogen) atoms. The number of fused-ring (bicyclic) bond motifs is 1. The van der Waals surface area contributed by atoms with Crippen LogP contribution in [0.2, 0.25) is 0 Å². The van der Waals surface area contributed by atoms with Crippen molar-refractivity contribution in [2.45, 2.75) is 84.6 Å². The van der Waals surface area contributed by atoms with Crippen LogP contribution >= 0.6 is 0 Å². The molecule has 0 aliphatic carbocycles. The van der Waals surface area contributed by atoms with Gasteiger partial charge in [-0.2, -0.15) is 4.98 Å². The predicted molar refractivity (Wildman–Crippen MR) is 124 cm³/mol. The standard InChI is InChI=1S/C25H36N4O3/c1-19(2)25-26-23(32-27-25)14-15-24(31)28-16-10-6-4-5-7-11-17-29(20(3)30)22-13-9-8-12-21(22)18-28/h8-9,12-13,19H,4-7,10-11,14-18H2,1-3H3. The van der Waals surface area contributed by atoms with E-state index in [-0.39, 0.29) is 17.7 Å². The van der Waals surface area contributed by atoms with Crippen LogP contribution in [0, 0.1) is 0 Å². The minimum absolute atomic E-state index is 0.0440. The summed E-state index contributed by atoms with van der Waals surface area (Å²) in [6.45, 7) is 7.58. The van der Waals surface area contributed by atoms with Crippen molar-refractivity contribution in [1.29, 1.82) is 0 Å². The van der Waals surface area contributed by atoms with E-state index in [1.54, 1.807) is 6.92 Å². The number of rotatable bonds is 4. The normalized spacial score (nSPS) is 16.1. The van der Waals surface area contributed by atoms with E-state index in [2.05, 4.69) is 10.1 Å². The van der Waals surface area contributed by atoms with Crippen molar-refractivity contribution in [3.8, 4) is 0 Å². The van der Waals surface area contributed by atoms with Crippen molar-refractivity contribution < 1.29 is 14.1 Å². The first kappa shape index (κ1) is 24.0. The van der Waals surface area contributed by atoms with E-state index in [0.717, 1.165) is 56.3 Å². The van der Waals surface area contributed by atoms with Gasteiger partial charge in [-0.3, -0.25) is 9.59 Å². The van der Waals surface area contributed by atoms with Gasteiger partial charge < -0.3 is 14.3 Å². The lowest BCUT2D eigenvalue weighted by atomic mass is 10.1. The minimum Gasteiger partial charge on any atom is -0.339 e. The van der Waals surface area contributed by atoms with Crippen molar-refractivity contribution in [3.63, 3.8) is 0 Å². The van der Waals surface area contributed by atoms with Crippen LogP contribution < -0.4 is 4.90 Å². The van der Waals surface area contributed by atoms with E-state index in [0.29, 0.717) is 37.6 Å². The maximum Gasteiger partial charge on any atom is 0.227 e. The van der Waals surface area contributed by atoms with Crippen LogP contribution in [0.25, 0.3) is 0 Å². The Labute approximate surface area is 191 Å². The molecule has 0 radical (unpaired) electrons. The van der Waals surface area contributed by atoms with Crippen LogP contribution in [0.15, 0.2) is 28.8 Å². The van der Waals surface area contributed by atoms with E-state index >= 15 is 0 Å². The van der Waals surface area contributed by atoms with Gasteiger partial charge in [0.15, 0.2) is 5.82 Å². The van der Waals surface area contributed by atoms with Crippen molar-refractivity contribution in [1.82, 2.24) is 15.0 Å². The quantitative estimate of drug-likeness (QED) is 0.678. The number of para-hydroxylation sites is 1. The van der Waals surface area contributed by atoms with Gasteiger partial charge in [0, 0.05) is 51.0 Å². The van der Waals surface area contributed by atoms with Crippen LogP contribution in [-0.2, 0) is 22.6 Å². The number of nitrogens with zero attached hydrogens (tertiary/aromatic N) is 4. The molecule has 7 nitrogen and oxygen atoms in total. The highest BCUT2D eigenvalue weighted by molar-refractivity contribution is 5.92. The molecule has 2 aromatic rings. The molecular formula is C25H36N4O3. The molecule has 1 aliphatic heterocycles. The summed E-state index contributed by atoms with van der Waals surface area (Å²) >= 11 is 0. The summed E-state index contributed by atoms with van der Waals surface area (Å²) in [4.78, 5) is 33.8. The Morgan fingerprint density at radius 2 is 1.72 bits per heavy atom. The Kier molecular flexibility index (Phi) is 8.82. The molecule has 0 atom stereocenters. The van der Waals surface area contributed by atoms with Gasteiger partial charge in [0.25, 0.3) is 0 Å². The second kappa shape index (κ2) is 11.8. The second-order valence-electron chi connectivity index (χ2n) is 8.94. The molecule has 0 spiro atoms. The summed E-state index contributed by atoms with van der Waals surface area (Å²) in [6, 6.07) is 7.95. The third-order valence-electron chi connectivity index (χ3n) is 5.99. The summed E-state index contributed by atoms with van der Waals surface area (Å²) in [7, 11) is 0. The van der Waals surface area contributed by atoms with Crippen molar-refractivity contribution >= 4 is 17.5 Å². The molecule has 3 rings (SSSR count). The zero-order valence-corrected chi connectivity index (χ0v) is 19.7. The van der Waals surface area contributed by atoms with Gasteiger partial charge in [0.2, 0.25) is 17.7 Å². The molecule has 1 aromatic heterocycles. The molecule has 0 unspecified atom stereocenters. The van der Waals surface area contributed by atoms with Crippen molar-refractivity contribution in [3.05, 3.63) is 41.5 Å². The lowest BCUT2D eigenvalue weighted by Crippen LogP contribution is -2.34. The van der Waals surface area contributed by atoms with E-state index in [1.807, 2.05) is 47.9 Å². The third kappa shape index (κ3) is 6.65. The van der Waals surface area contributed by atoms with Crippen LogP contribution in [0.3, 0.4) is 0 Å². The molecule has 0 saturated carbocycles. The Morgan fingerprint density at radius 1 is 1.03 bits per heavy atom. The zero-order chi connectivity index (χ0) is 22.9. The molecule has 1 aliphatic rings. The smallest absolute Gasteiger partial charge is 0.227 e. The van der Waals surface area contributed by atoms with E-state index in [1.165, 1.54) is 0 Å². The number of hydrogen-bond donors (Lipinski definition) is 0. The third-order valence-corrected chi connectivity index (χ3v) is 5.99. The fraction of sp³-hybridized carbons (Fsp3) is 0.600. The number of hydrogen-bond acceptors (Lipinski definition) is 5. The molecule has 0 saturated heterocycles. The molecule has 0 N–H and O–H groups in total. The van der Waals surface area contributed by atoms with E-state index in [9.17, 15) is 9.59 Å². The van der Waals surface area contributed by atoms with Crippen LogP contribution in [0.4, 0.5) is 5.69 Å². The average molecular weight is 441 g/mol. The lowest BCUT2D eigenvalue weighted by Gasteiger charge is -2.28. The summed E-state index contributed by atoms with van der Waals surface area (Å²) in [6.07, 6.45) is 7.32. The molecule has 7 heteroatoms. The summed E-state index contributed by atoms with van der Waals surface area (Å²) in [5.41, 5.74) is 1.92. The minimum atomic E-state index is 0.0440. The highest BCUT2D eigenvalue weighted by Crippen LogP contribution is 2.24. The van der Waals surface area contributed by atoms with Gasteiger partial charge in [0.1, 0.15) is 0 Å². The summed E-state index contributed by atoms with van der Waals surface area (Å²) in [5, 5.41) is 3.99. The number of benzene rings is 1. The summed E-state index contributed by atoms with van der Waals surface area (Å²) in [5.74, 6) is 1.50. The Morgan fingerprint density at radius 3 is 2.41 bits per heavy atom. The van der Waals surface area contributed by atoms with Gasteiger partial charge in [0.05, 0.1) is 0 Å². The fourth-order valence-corrected chi connectivity index (χ4v) is 4.11. The predicted octanol–water partition coefficient (Wildman–Crippen LogP) is 4.86. The monoisotopic (exact) mass is 440 g/mol. The Balaban J connectivity index is 1.76. The first-order valence-electron chi connectivity index (χ1n) is 11.9. The second-order valence-corrected chi connectivity index (χ2v) is 8.94. The van der Waals surface area contributed by atoms with Gasteiger partial charge in [-0.1, -0.05) is 62.9 Å². The van der Waals surface area contributed by atoms with E-state index < -0.39 is 0 Å². The van der Waals surface area contributed by atoms with Crippen molar-refractivity contribution in [2.24, 2.45) is 0 Å². The van der Waals surface area contributed by atoms with Gasteiger partial charge in [-0.15, -0.1) is 0 Å². The Bertz CT molecular complexity index is 893. The molecular weight excluding hydrogens is 404 g/mol. The van der Waals surface area contributed by atoms with E-state index in [4.69, 9.17) is 4.52 Å². The van der Waals surface area contributed by atoms with Gasteiger partial charge in [-0.25, -0.2) is 0 Å². The first-order valence-corrected chi connectivity index (χ1v) is 11.9. The van der Waals surface area contributed by atoms with Crippen LogP contribution in [-0.4, -0.2) is 39.9 Å². The van der Waals surface area contributed by atoms with Crippen LogP contribution in [0.5, 0.6) is 0 Å². The number of carbonyl (C=O) groups excluding carboxylic acids is 2. The highest BCUT2D eigenvalue weighted by Gasteiger charge is 2.21. The maximum atomic E-state index is 13.2.